The molecule has 2 rings (SSSR count). The second-order valence-corrected chi connectivity index (χ2v) is 9.40. The number of rotatable bonds is 8. The molecule has 0 aliphatic carbocycles. The van der Waals surface area contributed by atoms with Crippen LogP contribution in [0, 0.1) is 0 Å². The Kier molecular flexibility index (Phi) is 8.26. The lowest BCUT2D eigenvalue weighted by Gasteiger charge is -2.26. The minimum Gasteiger partial charge on any atom is -0.460 e. The second-order valence-electron chi connectivity index (χ2n) is 9.40. The van der Waals surface area contributed by atoms with E-state index < -0.39 is 23.3 Å². The maximum atomic E-state index is 12.5. The van der Waals surface area contributed by atoms with Gasteiger partial charge in [-0.25, -0.2) is 4.79 Å². The summed E-state index contributed by atoms with van der Waals surface area (Å²) < 4.78 is 11.0. The van der Waals surface area contributed by atoms with Crippen molar-refractivity contribution in [2.75, 3.05) is 0 Å². The maximum absolute atomic E-state index is 12.5. The van der Waals surface area contributed by atoms with Gasteiger partial charge in [-0.2, -0.15) is 0 Å². The smallest absolute Gasteiger partial charge is 0.407 e. The van der Waals surface area contributed by atoms with Gasteiger partial charge >= 0.3 is 12.1 Å². The summed E-state index contributed by atoms with van der Waals surface area (Å²) in [6, 6.07) is 17.8. The van der Waals surface area contributed by atoms with Crippen LogP contribution in [-0.2, 0) is 20.7 Å². The summed E-state index contributed by atoms with van der Waals surface area (Å²) in [6.07, 6.45) is 0.740. The van der Waals surface area contributed by atoms with Crippen LogP contribution in [0.5, 0.6) is 0 Å². The van der Waals surface area contributed by atoms with Crippen LogP contribution in [0.15, 0.2) is 54.6 Å². The summed E-state index contributed by atoms with van der Waals surface area (Å²) in [5.41, 5.74) is 2.12. The van der Waals surface area contributed by atoms with E-state index in [1.54, 1.807) is 0 Å². The van der Waals surface area contributed by atoms with Crippen LogP contribution in [0.3, 0.4) is 0 Å². The van der Waals surface area contributed by atoms with Crippen LogP contribution in [0.1, 0.15) is 59.9 Å². The monoisotopic (exact) mass is 425 g/mol. The second kappa shape index (κ2) is 10.5. The van der Waals surface area contributed by atoms with Gasteiger partial charge in [0.05, 0.1) is 6.42 Å². The molecule has 0 saturated carbocycles. The lowest BCUT2D eigenvalue weighted by molar-refractivity contribution is -0.157. The van der Waals surface area contributed by atoms with Crippen molar-refractivity contribution in [1.82, 2.24) is 5.32 Å². The van der Waals surface area contributed by atoms with Crippen molar-refractivity contribution >= 4 is 12.1 Å². The van der Waals surface area contributed by atoms with E-state index in [9.17, 15) is 9.59 Å². The third-order valence-electron chi connectivity index (χ3n) is 4.92. The first kappa shape index (κ1) is 24.4. The molecule has 0 fully saturated rings. The van der Waals surface area contributed by atoms with E-state index in [4.69, 9.17) is 9.47 Å². The van der Waals surface area contributed by atoms with Gasteiger partial charge in [0, 0.05) is 6.04 Å². The van der Waals surface area contributed by atoms with Crippen LogP contribution in [-0.4, -0.2) is 29.3 Å². The zero-order chi connectivity index (χ0) is 23.1. The molecule has 168 valence electrons. The van der Waals surface area contributed by atoms with Crippen molar-refractivity contribution in [2.24, 2.45) is 0 Å². The van der Waals surface area contributed by atoms with E-state index in [1.165, 1.54) is 0 Å². The topological polar surface area (TPSA) is 64.6 Å². The molecule has 0 bridgehead atoms. The van der Waals surface area contributed by atoms with Gasteiger partial charge in [-0.1, -0.05) is 61.5 Å². The number of esters is 1. The molecule has 1 amide bonds. The maximum Gasteiger partial charge on any atom is 0.407 e. The molecule has 31 heavy (non-hydrogen) atoms. The average molecular weight is 426 g/mol. The summed E-state index contributed by atoms with van der Waals surface area (Å²) in [4.78, 5) is 24.8. The zero-order valence-electron chi connectivity index (χ0n) is 19.5. The highest BCUT2D eigenvalue weighted by Gasteiger charge is 2.25. The predicted molar refractivity (Wildman–Crippen MR) is 124 cm³/mol. The summed E-state index contributed by atoms with van der Waals surface area (Å²) >= 11 is 0. The highest BCUT2D eigenvalue weighted by molar-refractivity contribution is 5.73. The molecule has 0 aliphatic rings. The van der Waals surface area contributed by atoms with Gasteiger partial charge in [0.1, 0.15) is 11.2 Å². The van der Waals surface area contributed by atoms with E-state index in [1.807, 2.05) is 84.0 Å². The largest absolute Gasteiger partial charge is 0.460 e. The van der Waals surface area contributed by atoms with Crippen molar-refractivity contribution in [3.8, 4) is 11.1 Å². The first-order valence-corrected chi connectivity index (χ1v) is 10.8. The van der Waals surface area contributed by atoms with Gasteiger partial charge in [-0.3, -0.25) is 4.79 Å². The number of hydrogen-bond donors (Lipinski definition) is 1. The van der Waals surface area contributed by atoms with Crippen molar-refractivity contribution in [2.45, 2.75) is 78.0 Å². The quantitative estimate of drug-likeness (QED) is 0.534. The molecule has 5 heteroatoms. The Bertz CT molecular complexity index is 851. The molecule has 0 heterocycles. The molecule has 5 nitrogen and oxygen atoms in total. The van der Waals surface area contributed by atoms with Crippen LogP contribution in [0.4, 0.5) is 4.79 Å². The molecule has 1 atom stereocenters. The number of ether oxygens (including phenoxy) is 2. The number of carbonyl (C=O) groups is 2. The first-order valence-electron chi connectivity index (χ1n) is 10.8. The van der Waals surface area contributed by atoms with Crippen molar-refractivity contribution in [3.05, 3.63) is 60.2 Å². The summed E-state index contributed by atoms with van der Waals surface area (Å²) in [5, 5.41) is 2.84. The van der Waals surface area contributed by atoms with Crippen LogP contribution in [0.2, 0.25) is 0 Å². The molecule has 2 aromatic rings. The standard InChI is InChI=1S/C26H35NO4/c1-7-26(5,6)30-23(28)18-22(27-24(29)31-25(2,3)4)17-19-13-15-21(16-14-19)20-11-9-8-10-12-20/h8-16,22H,7,17-18H2,1-6H3,(H,27,29). The highest BCUT2D eigenvalue weighted by atomic mass is 16.6. The minimum absolute atomic E-state index is 0.0725. The molecule has 1 N–H and O–H groups in total. The average Bonchev–Trinajstić information content (AvgIpc) is 2.67. The van der Waals surface area contributed by atoms with Crippen LogP contribution < -0.4 is 5.32 Å². The van der Waals surface area contributed by atoms with E-state index in [-0.39, 0.29) is 12.4 Å². The Hall–Kier alpha value is -2.82. The molecule has 0 aliphatic heterocycles. The molecule has 0 saturated heterocycles. The third-order valence-corrected chi connectivity index (χ3v) is 4.92. The number of carbonyl (C=O) groups excluding carboxylic acids is 2. The number of nitrogens with one attached hydrogen (secondary N) is 1. The Morgan fingerprint density at radius 2 is 1.45 bits per heavy atom. The SMILES string of the molecule is CCC(C)(C)OC(=O)CC(Cc1ccc(-c2ccccc2)cc1)NC(=O)OC(C)(C)C. The van der Waals surface area contributed by atoms with Gasteiger partial charge in [-0.15, -0.1) is 0 Å². The predicted octanol–water partition coefficient (Wildman–Crippen LogP) is 5.91. The zero-order valence-corrected chi connectivity index (χ0v) is 19.5. The molecule has 0 spiro atoms. The van der Waals surface area contributed by atoms with Crippen molar-refractivity contribution in [3.63, 3.8) is 0 Å². The molecular formula is C26H35NO4. The van der Waals surface area contributed by atoms with Crippen molar-refractivity contribution in [1.29, 1.82) is 0 Å². The van der Waals surface area contributed by atoms with Crippen LogP contribution in [0.25, 0.3) is 11.1 Å². The van der Waals surface area contributed by atoms with E-state index >= 15 is 0 Å². The minimum atomic E-state index is -0.614. The Morgan fingerprint density at radius 1 is 0.871 bits per heavy atom. The fraction of sp³-hybridized carbons (Fsp3) is 0.462. The number of amides is 1. The molecule has 0 aromatic heterocycles. The van der Waals surface area contributed by atoms with Crippen molar-refractivity contribution < 1.29 is 19.1 Å². The summed E-state index contributed by atoms with van der Waals surface area (Å²) in [5.74, 6) is -0.339. The molecule has 0 radical (unpaired) electrons. The summed E-state index contributed by atoms with van der Waals surface area (Å²) in [6.45, 7) is 11.1. The fourth-order valence-corrected chi connectivity index (χ4v) is 3.02. The first-order chi connectivity index (χ1) is 14.5. The van der Waals surface area contributed by atoms with E-state index in [2.05, 4.69) is 17.4 Å². The van der Waals surface area contributed by atoms with E-state index in [0.29, 0.717) is 12.8 Å². The van der Waals surface area contributed by atoms with Gasteiger partial charge in [0.25, 0.3) is 0 Å². The number of hydrogen-bond acceptors (Lipinski definition) is 4. The number of alkyl carbamates (subject to hydrolysis) is 1. The molecule has 2 aromatic carbocycles. The Morgan fingerprint density at radius 3 is 2.00 bits per heavy atom. The molecule has 1 unspecified atom stereocenters. The Labute approximate surface area is 186 Å². The normalized spacial score (nSPS) is 12.7. The van der Waals surface area contributed by atoms with Gasteiger partial charge in [-0.05, 0) is 64.2 Å². The highest BCUT2D eigenvalue weighted by Crippen LogP contribution is 2.21. The molecular weight excluding hydrogens is 390 g/mol. The lowest BCUT2D eigenvalue weighted by Crippen LogP contribution is -2.42. The van der Waals surface area contributed by atoms with Gasteiger partial charge in [0.15, 0.2) is 0 Å². The van der Waals surface area contributed by atoms with E-state index in [0.717, 1.165) is 16.7 Å². The fourth-order valence-electron chi connectivity index (χ4n) is 3.02. The van der Waals surface area contributed by atoms with Gasteiger partial charge < -0.3 is 14.8 Å². The third kappa shape index (κ3) is 8.83. The lowest BCUT2D eigenvalue weighted by atomic mass is 9.99. The number of benzene rings is 2. The van der Waals surface area contributed by atoms with Crippen LogP contribution >= 0.6 is 0 Å². The Balaban J connectivity index is 2.11. The van der Waals surface area contributed by atoms with Gasteiger partial charge in [0.2, 0.25) is 0 Å². The summed E-state index contributed by atoms with van der Waals surface area (Å²) in [7, 11) is 0.